The topological polar surface area (TPSA) is 59.1 Å². The summed E-state index contributed by atoms with van der Waals surface area (Å²) >= 11 is -0.802. The molecule has 1 heterocycles. The Bertz CT molecular complexity index is 168. The molecule has 1 rings (SSSR count). The van der Waals surface area contributed by atoms with Crippen molar-refractivity contribution in [3.63, 3.8) is 0 Å². The van der Waals surface area contributed by atoms with Crippen molar-refractivity contribution in [3.8, 4) is 6.07 Å². The van der Waals surface area contributed by atoms with Crippen LogP contribution in [0.1, 0.15) is 0 Å². The highest BCUT2D eigenvalue weighted by molar-refractivity contribution is 7.90. The van der Waals surface area contributed by atoms with E-state index in [-0.39, 0.29) is 6.04 Å². The first kappa shape index (κ1) is 8.81. The summed E-state index contributed by atoms with van der Waals surface area (Å²) in [5, 5.41) is 9.94. The molecule has 0 aromatic rings. The van der Waals surface area contributed by atoms with Crippen molar-refractivity contribution in [1.82, 2.24) is 5.06 Å². The van der Waals surface area contributed by atoms with Gasteiger partial charge in [-0.05, 0) is 0 Å². The third-order valence-electron chi connectivity index (χ3n) is 1.34. The predicted molar refractivity (Wildman–Crippen MR) is 41.0 cm³/mol. The number of rotatable bonds is 4. The Hall–Kier alpha value is -0.280. The Morgan fingerprint density at radius 3 is 3.09 bits per heavy atom. The van der Waals surface area contributed by atoms with E-state index in [1.807, 2.05) is 0 Å². The Morgan fingerprint density at radius 1 is 1.91 bits per heavy atom. The lowest BCUT2D eigenvalue weighted by atomic mass is 10.6. The van der Waals surface area contributed by atoms with Crippen molar-refractivity contribution in [2.45, 2.75) is 6.04 Å². The Labute approximate surface area is 68.9 Å². The smallest absolute Gasteiger partial charge is 0.137 e. The zero-order valence-electron chi connectivity index (χ0n) is 6.32. The second kappa shape index (κ2) is 3.93. The van der Waals surface area contributed by atoms with Crippen LogP contribution in [0.3, 0.4) is 0 Å². The molecule has 3 unspecified atom stereocenters. The van der Waals surface area contributed by atoms with Crippen molar-refractivity contribution < 1.29 is 9.39 Å². The zero-order valence-corrected chi connectivity index (χ0v) is 7.13. The summed E-state index contributed by atoms with van der Waals surface area (Å²) in [6.45, 7) is 1.13. The van der Waals surface area contributed by atoms with Gasteiger partial charge in [0.05, 0.1) is 18.9 Å². The fourth-order valence-corrected chi connectivity index (χ4v) is 0.952. The summed E-state index contributed by atoms with van der Waals surface area (Å²) in [5.41, 5.74) is 0. The lowest BCUT2D eigenvalue weighted by Crippen LogP contribution is -2.13. The van der Waals surface area contributed by atoms with Gasteiger partial charge in [0.15, 0.2) is 0 Å². The van der Waals surface area contributed by atoms with E-state index in [4.69, 9.17) is 10.1 Å². The lowest BCUT2D eigenvalue weighted by molar-refractivity contribution is -0.0622. The van der Waals surface area contributed by atoms with Crippen LogP contribution in [0.2, 0.25) is 0 Å². The highest BCUT2D eigenvalue weighted by Crippen LogP contribution is 2.15. The number of hydroxylamine groups is 2. The molecule has 0 bridgehead atoms. The molecule has 1 aliphatic rings. The highest BCUT2D eigenvalue weighted by atomic mass is 32.2. The van der Waals surface area contributed by atoms with Crippen molar-refractivity contribution in [1.29, 1.82) is 5.26 Å². The molecule has 62 valence electrons. The number of nitriles is 1. The van der Waals surface area contributed by atoms with Gasteiger partial charge in [-0.3, -0.25) is 4.84 Å². The fraction of sp³-hybridized carbons (Fsp3) is 0.833. The minimum absolute atomic E-state index is 0.0692. The van der Waals surface area contributed by atoms with Crippen molar-refractivity contribution >= 4 is 11.2 Å². The summed E-state index contributed by atoms with van der Waals surface area (Å²) in [5.74, 6) is 0.536. The molecule has 0 aromatic heterocycles. The maximum Gasteiger partial charge on any atom is 0.137 e. The summed E-state index contributed by atoms with van der Waals surface area (Å²) in [6.07, 6.45) is 1.63. The molecule has 3 atom stereocenters. The third-order valence-corrected chi connectivity index (χ3v) is 2.09. The molecule has 0 saturated carbocycles. The lowest BCUT2D eigenvalue weighted by Gasteiger charge is -2.04. The number of nitrogens with zero attached hydrogens (tertiary/aromatic N) is 2. The van der Waals surface area contributed by atoms with Gasteiger partial charge in [-0.1, -0.05) is 11.2 Å². The van der Waals surface area contributed by atoms with Gasteiger partial charge in [0.25, 0.3) is 0 Å². The highest BCUT2D eigenvalue weighted by Gasteiger charge is 2.35. The molecule has 11 heavy (non-hydrogen) atoms. The molecule has 0 radical (unpaired) electrons. The summed E-state index contributed by atoms with van der Waals surface area (Å²) < 4.78 is 10.5. The van der Waals surface area contributed by atoms with E-state index in [2.05, 4.69) is 6.07 Å². The van der Waals surface area contributed by atoms with Gasteiger partial charge in [-0.25, -0.2) is 0 Å². The summed E-state index contributed by atoms with van der Waals surface area (Å²) in [6, 6.07) is 1.98. The van der Waals surface area contributed by atoms with E-state index in [1.165, 1.54) is 0 Å². The van der Waals surface area contributed by atoms with Crippen LogP contribution in [-0.2, 0) is 16.0 Å². The van der Waals surface area contributed by atoms with Gasteiger partial charge >= 0.3 is 0 Å². The summed E-state index contributed by atoms with van der Waals surface area (Å²) in [4.78, 5) is 5.09. The van der Waals surface area contributed by atoms with Crippen LogP contribution < -0.4 is 0 Å². The number of hydrogen-bond acceptors (Lipinski definition) is 4. The largest absolute Gasteiger partial charge is 0.616 e. The van der Waals surface area contributed by atoms with Crippen molar-refractivity contribution in [2.75, 3.05) is 25.2 Å². The van der Waals surface area contributed by atoms with Crippen LogP contribution in [-0.4, -0.2) is 40.8 Å². The molecule has 0 aromatic carbocycles. The van der Waals surface area contributed by atoms with Crippen LogP contribution in [0.4, 0.5) is 0 Å². The minimum atomic E-state index is -0.802. The average Bonchev–Trinajstić information content (AvgIpc) is 2.66. The molecule has 0 aliphatic carbocycles. The molecule has 0 spiro atoms. The summed E-state index contributed by atoms with van der Waals surface area (Å²) in [7, 11) is 0. The maximum atomic E-state index is 10.5. The normalized spacial score (nSPS) is 31.0. The van der Waals surface area contributed by atoms with Crippen LogP contribution in [0.15, 0.2) is 0 Å². The third kappa shape index (κ3) is 3.08. The Balaban J connectivity index is 1.95. The van der Waals surface area contributed by atoms with Crippen LogP contribution in [0, 0.1) is 11.3 Å². The standard InChI is InChI=1S/C6H10N2O2S/c1-11(9)3-2-10-8-5-6(8)4-7/h6H,2-3,5H2,1H3. The van der Waals surface area contributed by atoms with E-state index >= 15 is 0 Å². The first-order valence-electron chi connectivity index (χ1n) is 3.33. The van der Waals surface area contributed by atoms with Crippen molar-refractivity contribution in [2.24, 2.45) is 0 Å². The molecule has 1 saturated heterocycles. The van der Waals surface area contributed by atoms with Crippen LogP contribution in [0.25, 0.3) is 0 Å². The van der Waals surface area contributed by atoms with Gasteiger partial charge < -0.3 is 4.55 Å². The molecule has 1 aliphatic heterocycles. The molecule has 0 N–H and O–H groups in total. The van der Waals surface area contributed by atoms with Crippen LogP contribution in [0.5, 0.6) is 0 Å². The van der Waals surface area contributed by atoms with E-state index < -0.39 is 11.2 Å². The molecule has 4 nitrogen and oxygen atoms in total. The molecule has 5 heteroatoms. The second-order valence-corrected chi connectivity index (χ2v) is 3.91. The molecular weight excluding hydrogens is 164 g/mol. The van der Waals surface area contributed by atoms with Crippen molar-refractivity contribution in [3.05, 3.63) is 0 Å². The van der Waals surface area contributed by atoms with Gasteiger partial charge in [0.2, 0.25) is 0 Å². The van der Waals surface area contributed by atoms with E-state index in [1.54, 1.807) is 11.3 Å². The van der Waals surface area contributed by atoms with Gasteiger partial charge in [0, 0.05) is 0 Å². The van der Waals surface area contributed by atoms with Gasteiger partial charge in [-0.15, -0.1) is 0 Å². The average molecular weight is 174 g/mol. The maximum absolute atomic E-state index is 10.5. The predicted octanol–water partition coefficient (Wildman–Crippen LogP) is -0.496. The van der Waals surface area contributed by atoms with E-state index in [0.29, 0.717) is 18.9 Å². The minimum Gasteiger partial charge on any atom is -0.616 e. The van der Waals surface area contributed by atoms with Crippen LogP contribution >= 0.6 is 0 Å². The quantitative estimate of drug-likeness (QED) is 0.426. The second-order valence-electron chi connectivity index (χ2n) is 2.36. The number of hydrogen-bond donors (Lipinski definition) is 0. The molecule has 0 amide bonds. The monoisotopic (exact) mass is 174 g/mol. The SMILES string of the molecule is C[S+]([O-])CCON1CC1C#N. The van der Waals surface area contributed by atoms with Gasteiger partial charge in [0.1, 0.15) is 18.4 Å². The Kier molecular flexibility index (Phi) is 3.15. The molecule has 1 fully saturated rings. The van der Waals surface area contributed by atoms with Gasteiger partial charge in [-0.2, -0.15) is 10.3 Å². The zero-order chi connectivity index (χ0) is 8.27. The Morgan fingerprint density at radius 2 is 2.64 bits per heavy atom. The van der Waals surface area contributed by atoms with E-state index in [0.717, 1.165) is 0 Å². The van der Waals surface area contributed by atoms with E-state index in [9.17, 15) is 4.55 Å². The fourth-order valence-electron chi connectivity index (χ4n) is 0.643. The molecular formula is C6H10N2O2S. The first-order chi connectivity index (χ1) is 5.24. The first-order valence-corrected chi connectivity index (χ1v) is 5.06.